The van der Waals surface area contributed by atoms with Gasteiger partial charge in [-0.1, -0.05) is 0 Å². The summed E-state index contributed by atoms with van der Waals surface area (Å²) in [5.41, 5.74) is 2.75. The van der Waals surface area contributed by atoms with E-state index in [1.807, 2.05) is 33.8 Å². The Morgan fingerprint density at radius 3 is 2.52 bits per heavy atom. The molecule has 0 amide bonds. The van der Waals surface area contributed by atoms with Crippen LogP contribution in [0.4, 0.5) is 0 Å². The van der Waals surface area contributed by atoms with E-state index < -0.39 is 5.97 Å². The number of carbonyl (C=O) groups excluding carboxylic acids is 2. The van der Waals surface area contributed by atoms with Crippen LogP contribution in [-0.2, 0) is 16.0 Å². The lowest BCUT2D eigenvalue weighted by Gasteiger charge is -2.15. The number of rotatable bonds is 10. The molecular formula is C24H31NO6. The average Bonchev–Trinajstić information content (AvgIpc) is 3.37. The van der Waals surface area contributed by atoms with E-state index in [4.69, 9.17) is 18.9 Å². The zero-order valence-electron chi connectivity index (χ0n) is 18.7. The molecule has 0 aliphatic carbocycles. The molecule has 0 bridgehead atoms. The number of aromatic nitrogens is 1. The highest BCUT2D eigenvalue weighted by Gasteiger charge is 2.22. The molecule has 1 aromatic heterocycles. The summed E-state index contributed by atoms with van der Waals surface area (Å²) in [7, 11) is 0. The predicted molar refractivity (Wildman–Crippen MR) is 116 cm³/mol. The maximum absolute atomic E-state index is 12.7. The summed E-state index contributed by atoms with van der Waals surface area (Å²) < 4.78 is 24.2. The highest BCUT2D eigenvalue weighted by atomic mass is 16.5. The van der Waals surface area contributed by atoms with Crippen LogP contribution in [0.3, 0.4) is 0 Å². The Bertz CT molecular complexity index is 926. The summed E-state index contributed by atoms with van der Waals surface area (Å²) in [5, 5.41) is 0. The molecule has 1 aromatic carbocycles. The summed E-state index contributed by atoms with van der Waals surface area (Å²) >= 11 is 0. The number of aryl methyl sites for hydroxylation is 1. The molecule has 0 N–H and O–H groups in total. The van der Waals surface area contributed by atoms with Gasteiger partial charge < -0.3 is 23.5 Å². The lowest BCUT2D eigenvalue weighted by atomic mass is 10.1. The highest BCUT2D eigenvalue weighted by molar-refractivity contribution is 6.00. The minimum absolute atomic E-state index is 0.185. The second-order valence-electron chi connectivity index (χ2n) is 7.56. The average molecular weight is 430 g/mol. The van der Waals surface area contributed by atoms with Crippen molar-refractivity contribution in [3.8, 4) is 11.5 Å². The Hall–Kier alpha value is -2.80. The lowest BCUT2D eigenvalue weighted by Crippen LogP contribution is -2.18. The number of benzene rings is 1. The van der Waals surface area contributed by atoms with Crippen LogP contribution in [0.2, 0.25) is 0 Å². The molecule has 0 saturated carbocycles. The van der Waals surface area contributed by atoms with E-state index in [2.05, 4.69) is 4.57 Å². The third-order valence-electron chi connectivity index (χ3n) is 5.40. The van der Waals surface area contributed by atoms with Crippen LogP contribution in [0.1, 0.15) is 58.8 Å². The number of hydrogen-bond donors (Lipinski definition) is 0. The molecule has 0 radical (unpaired) electrons. The second-order valence-corrected chi connectivity index (χ2v) is 7.56. The van der Waals surface area contributed by atoms with Crippen LogP contribution in [0.15, 0.2) is 24.3 Å². The first kappa shape index (κ1) is 22.9. The highest BCUT2D eigenvalue weighted by Crippen LogP contribution is 2.29. The van der Waals surface area contributed by atoms with Crippen LogP contribution < -0.4 is 9.47 Å². The number of ketones is 1. The number of Topliss-reactive ketones (excluding diaryl/α,β-unsaturated/α-hetero) is 1. The largest absolute Gasteiger partial charge is 0.490 e. The molecule has 2 aromatic rings. The predicted octanol–water partition coefficient (Wildman–Crippen LogP) is 4.12. The second kappa shape index (κ2) is 10.5. The van der Waals surface area contributed by atoms with Gasteiger partial charge in [0.25, 0.3) is 0 Å². The van der Waals surface area contributed by atoms with E-state index >= 15 is 0 Å². The molecule has 7 heteroatoms. The number of carbonyl (C=O) groups is 2. The first-order valence-electron chi connectivity index (χ1n) is 10.8. The first-order chi connectivity index (χ1) is 14.9. The zero-order chi connectivity index (χ0) is 22.4. The quantitative estimate of drug-likeness (QED) is 0.418. The molecular weight excluding hydrogens is 398 g/mol. The lowest BCUT2D eigenvalue weighted by molar-refractivity contribution is 0.0474. The van der Waals surface area contributed by atoms with E-state index in [0.717, 1.165) is 37.4 Å². The van der Waals surface area contributed by atoms with Gasteiger partial charge in [0, 0.05) is 30.1 Å². The van der Waals surface area contributed by atoms with E-state index in [9.17, 15) is 9.59 Å². The van der Waals surface area contributed by atoms with Crippen LogP contribution >= 0.6 is 0 Å². The third-order valence-corrected chi connectivity index (χ3v) is 5.40. The molecule has 0 spiro atoms. The molecule has 1 aliphatic rings. The zero-order valence-corrected chi connectivity index (χ0v) is 18.7. The summed E-state index contributed by atoms with van der Waals surface area (Å²) in [4.78, 5) is 25.2. The van der Waals surface area contributed by atoms with Gasteiger partial charge in [0.2, 0.25) is 5.78 Å². The number of esters is 1. The summed E-state index contributed by atoms with van der Waals surface area (Å²) in [5.74, 6) is 0.236. The molecule has 1 atom stereocenters. The van der Waals surface area contributed by atoms with Crippen molar-refractivity contribution in [3.05, 3.63) is 46.8 Å². The van der Waals surface area contributed by atoms with Gasteiger partial charge in [-0.2, -0.15) is 0 Å². The van der Waals surface area contributed by atoms with Crippen molar-refractivity contribution in [2.24, 2.45) is 0 Å². The SMILES string of the molecule is CCOc1ccc(C(=O)OCC(=O)c2cc(C)n(CC3CCCO3)c2C)cc1OCC. The van der Waals surface area contributed by atoms with Crippen molar-refractivity contribution in [2.75, 3.05) is 26.4 Å². The fraction of sp³-hybridized carbons (Fsp3) is 0.500. The Morgan fingerprint density at radius 1 is 1.10 bits per heavy atom. The Morgan fingerprint density at radius 2 is 1.84 bits per heavy atom. The van der Waals surface area contributed by atoms with Crippen molar-refractivity contribution >= 4 is 11.8 Å². The van der Waals surface area contributed by atoms with Crippen LogP contribution in [0.25, 0.3) is 0 Å². The van der Waals surface area contributed by atoms with E-state index in [-0.39, 0.29) is 18.5 Å². The molecule has 7 nitrogen and oxygen atoms in total. The van der Waals surface area contributed by atoms with Crippen molar-refractivity contribution in [3.63, 3.8) is 0 Å². The van der Waals surface area contributed by atoms with Gasteiger partial charge in [-0.3, -0.25) is 4.79 Å². The Labute approximate surface area is 183 Å². The minimum atomic E-state index is -0.578. The maximum atomic E-state index is 12.7. The first-order valence-corrected chi connectivity index (χ1v) is 10.8. The van der Waals surface area contributed by atoms with Crippen molar-refractivity contribution in [1.29, 1.82) is 0 Å². The van der Waals surface area contributed by atoms with Gasteiger partial charge in [0.05, 0.1) is 24.9 Å². The van der Waals surface area contributed by atoms with Gasteiger partial charge >= 0.3 is 5.97 Å². The van der Waals surface area contributed by atoms with Crippen molar-refractivity contribution in [2.45, 2.75) is 53.2 Å². The number of hydrogen-bond acceptors (Lipinski definition) is 6. The maximum Gasteiger partial charge on any atom is 0.338 e. The molecule has 3 rings (SSSR count). The summed E-state index contributed by atoms with van der Waals surface area (Å²) in [6.07, 6.45) is 2.29. The summed E-state index contributed by atoms with van der Waals surface area (Å²) in [6.45, 7) is 9.76. The molecule has 1 saturated heterocycles. The molecule has 1 unspecified atom stereocenters. The van der Waals surface area contributed by atoms with Gasteiger partial charge in [-0.15, -0.1) is 0 Å². The van der Waals surface area contributed by atoms with Gasteiger partial charge in [0.1, 0.15) is 0 Å². The number of nitrogens with zero attached hydrogens (tertiary/aromatic N) is 1. The minimum Gasteiger partial charge on any atom is -0.490 e. The standard InChI is InChI=1S/C24H31NO6/c1-5-28-22-10-9-18(13-23(22)29-6-2)24(27)31-15-21(26)20-12-16(3)25(17(20)4)14-19-8-7-11-30-19/h9-10,12-13,19H,5-8,11,14-15H2,1-4H3. The normalized spacial score (nSPS) is 15.7. The van der Waals surface area contributed by atoms with Gasteiger partial charge in [-0.05, 0) is 64.8 Å². The Balaban J connectivity index is 1.65. The fourth-order valence-electron chi connectivity index (χ4n) is 3.83. The van der Waals surface area contributed by atoms with Crippen molar-refractivity contribution < 1.29 is 28.5 Å². The molecule has 1 aliphatic heterocycles. The van der Waals surface area contributed by atoms with Crippen LogP contribution in [0, 0.1) is 13.8 Å². The molecule has 168 valence electrons. The number of ether oxygens (including phenoxy) is 4. The summed E-state index contributed by atoms with van der Waals surface area (Å²) in [6, 6.07) is 6.71. The fourth-order valence-corrected chi connectivity index (χ4v) is 3.83. The smallest absolute Gasteiger partial charge is 0.338 e. The van der Waals surface area contributed by atoms with Crippen LogP contribution in [0.5, 0.6) is 11.5 Å². The monoisotopic (exact) mass is 429 g/mol. The topological polar surface area (TPSA) is 76.0 Å². The van der Waals surface area contributed by atoms with E-state index in [0.29, 0.717) is 35.8 Å². The van der Waals surface area contributed by atoms with E-state index in [1.165, 1.54) is 0 Å². The molecule has 1 fully saturated rings. The Kier molecular flexibility index (Phi) is 7.74. The van der Waals surface area contributed by atoms with Crippen molar-refractivity contribution in [1.82, 2.24) is 4.57 Å². The van der Waals surface area contributed by atoms with Gasteiger partial charge in [0.15, 0.2) is 18.1 Å². The molecule has 31 heavy (non-hydrogen) atoms. The van der Waals surface area contributed by atoms with Crippen LogP contribution in [-0.4, -0.2) is 48.9 Å². The van der Waals surface area contributed by atoms with Gasteiger partial charge in [-0.25, -0.2) is 4.79 Å². The third kappa shape index (κ3) is 5.47. The molecule has 2 heterocycles. The van der Waals surface area contributed by atoms with E-state index in [1.54, 1.807) is 18.2 Å².